The second-order valence-corrected chi connectivity index (χ2v) is 21.0. The summed E-state index contributed by atoms with van der Waals surface area (Å²) < 4.78 is 43.4. The van der Waals surface area contributed by atoms with Gasteiger partial charge in [-0.05, 0) is 128 Å². The van der Waals surface area contributed by atoms with E-state index in [0.717, 1.165) is 57.2 Å². The first-order valence-corrected chi connectivity index (χ1v) is 22.6. The molecule has 4 aliphatic heterocycles. The van der Waals surface area contributed by atoms with E-state index < -0.39 is 72.6 Å². The number of cyclic esters (lactones) is 1. The molecule has 3 saturated heterocycles. The van der Waals surface area contributed by atoms with Crippen LogP contribution in [0.1, 0.15) is 126 Å². The lowest BCUT2D eigenvalue weighted by Crippen LogP contribution is -2.67. The highest BCUT2D eigenvalue weighted by Gasteiger charge is 2.71. The third-order valence-corrected chi connectivity index (χ3v) is 16.7. The number of carbonyl (C=O) groups is 1. The number of aliphatic hydroxyl groups is 4. The summed E-state index contributed by atoms with van der Waals surface area (Å²) in [4.78, 5) is 14.4. The Morgan fingerprint density at radius 1 is 0.776 bits per heavy atom. The topological polar surface area (TPSA) is 166 Å². The fourth-order valence-electron chi connectivity index (χ4n) is 13.4. The Morgan fingerprint density at radius 3 is 2.05 bits per heavy atom. The average molecular weight is 820 g/mol. The minimum Gasteiger partial charge on any atom is -0.458 e. The molecule has 330 valence electrons. The van der Waals surface area contributed by atoms with Gasteiger partial charge < -0.3 is 53.6 Å². The maximum absolute atomic E-state index is 12.6. The van der Waals surface area contributed by atoms with Gasteiger partial charge >= 0.3 is 5.97 Å². The molecule has 4 aliphatic carbocycles. The number of esters is 1. The van der Waals surface area contributed by atoms with E-state index in [-0.39, 0.29) is 66.3 Å². The highest BCUT2D eigenvalue weighted by molar-refractivity contribution is 5.85. The van der Waals surface area contributed by atoms with E-state index in [0.29, 0.717) is 25.2 Å². The molecule has 13 nitrogen and oxygen atoms in total. The summed E-state index contributed by atoms with van der Waals surface area (Å²) in [5.41, 5.74) is -0.813. The summed E-state index contributed by atoms with van der Waals surface area (Å²) in [5.74, 6) is 0.275. The molecule has 58 heavy (non-hydrogen) atoms. The van der Waals surface area contributed by atoms with Gasteiger partial charge in [0.05, 0.1) is 48.3 Å². The zero-order valence-electron chi connectivity index (χ0n) is 36.2. The number of fused-ring (bicyclic) bond motifs is 5. The van der Waals surface area contributed by atoms with Crippen molar-refractivity contribution in [2.24, 2.45) is 34.5 Å². The Morgan fingerprint density at radius 2 is 1.43 bits per heavy atom. The molecule has 4 saturated carbocycles. The number of rotatable bonds is 7. The normalized spacial score (nSPS) is 51.6. The molecule has 0 radical (unpaired) electrons. The molecule has 4 N–H and O–H groups in total. The van der Waals surface area contributed by atoms with Crippen LogP contribution in [0, 0.1) is 34.5 Å². The molecule has 0 spiro atoms. The van der Waals surface area contributed by atoms with Crippen molar-refractivity contribution < 1.29 is 58.4 Å². The van der Waals surface area contributed by atoms with Crippen molar-refractivity contribution in [3.8, 4) is 0 Å². The third kappa shape index (κ3) is 7.77. The van der Waals surface area contributed by atoms with Gasteiger partial charge in [-0.15, -0.1) is 0 Å². The van der Waals surface area contributed by atoms with Gasteiger partial charge in [0.15, 0.2) is 18.9 Å². The van der Waals surface area contributed by atoms with Crippen molar-refractivity contribution in [2.75, 3.05) is 19.7 Å². The molecule has 0 aromatic carbocycles. The van der Waals surface area contributed by atoms with Crippen molar-refractivity contribution in [1.82, 2.24) is 4.90 Å². The van der Waals surface area contributed by atoms with E-state index in [1.165, 1.54) is 0 Å². The van der Waals surface area contributed by atoms with Crippen LogP contribution in [0.15, 0.2) is 11.6 Å². The summed E-state index contributed by atoms with van der Waals surface area (Å²) in [6.07, 6.45) is 3.06. The third-order valence-electron chi connectivity index (χ3n) is 16.7. The number of nitrogens with zero attached hydrogens (tertiary/aromatic N) is 1. The van der Waals surface area contributed by atoms with E-state index >= 15 is 0 Å². The van der Waals surface area contributed by atoms with Gasteiger partial charge in [0.2, 0.25) is 0 Å². The smallest absolute Gasteiger partial charge is 0.331 e. The Bertz CT molecular complexity index is 1500. The van der Waals surface area contributed by atoms with Crippen LogP contribution in [-0.4, -0.2) is 136 Å². The van der Waals surface area contributed by atoms with Crippen LogP contribution >= 0.6 is 0 Å². The molecule has 0 bridgehead atoms. The summed E-state index contributed by atoms with van der Waals surface area (Å²) in [7, 11) is 0. The summed E-state index contributed by atoms with van der Waals surface area (Å²) in [5, 5.41) is 47.1. The zero-order valence-corrected chi connectivity index (χ0v) is 36.2. The molecule has 19 atom stereocenters. The second kappa shape index (κ2) is 16.2. The molecule has 8 aliphatic rings. The average Bonchev–Trinajstić information content (AvgIpc) is 3.62. The van der Waals surface area contributed by atoms with E-state index in [1.54, 1.807) is 6.08 Å². The van der Waals surface area contributed by atoms with Crippen LogP contribution in [0.25, 0.3) is 0 Å². The molecule has 0 amide bonds. The molecule has 0 aromatic heterocycles. The standard InChI is InChI=1S/C45H73NO12/c1-24-22-46(42(4,5)6)16-13-37(53-24)57-40-25(2)55-39(21-34(40)48)58-41-26(3)54-38(20-33(41)47)56-29-11-14-43(7)28(18-29)9-10-31-32(43)19-35(49)44(8)30(12-15-45(31,44)51)27-17-36(50)52-23-27/h17,24-26,28-35,37-41,47-49,51H,9-16,18-23H2,1-8H3/t24?,25-,26-,28?,29-,30+,31?,32?,33-,34-,35-,37?,38-,39-,40+,41+,43-,44-,45-/m0/s1. The maximum Gasteiger partial charge on any atom is 0.331 e. The first-order chi connectivity index (χ1) is 27.3. The quantitative estimate of drug-likeness (QED) is 0.208. The molecule has 4 heterocycles. The van der Waals surface area contributed by atoms with Crippen LogP contribution in [0.3, 0.4) is 0 Å². The van der Waals surface area contributed by atoms with Gasteiger partial charge in [-0.3, -0.25) is 4.90 Å². The fourth-order valence-corrected chi connectivity index (χ4v) is 13.4. The summed E-state index contributed by atoms with van der Waals surface area (Å²) >= 11 is 0. The Labute approximate surface area is 345 Å². The van der Waals surface area contributed by atoms with E-state index in [4.69, 9.17) is 33.2 Å². The lowest BCUT2D eigenvalue weighted by Gasteiger charge is -2.65. The van der Waals surface area contributed by atoms with Crippen LogP contribution < -0.4 is 0 Å². The Kier molecular flexibility index (Phi) is 12.1. The SMILES string of the molecule is CC1CN(C(C)(C)C)CCC(O[C@@H]2[C@H](C)O[C@@H](O[C@@H]3[C@H](C)O[C@@H](O[C@H]4CC[C@@]5(C)C(CCC6C5C[C@H](O)[C@]5(C)[C@@H](C7=CC(=O)OC7)CC[C@]65O)C4)C[C@@H]3O)C[C@@H]2O)O1. The predicted molar refractivity (Wildman–Crippen MR) is 212 cm³/mol. The highest BCUT2D eigenvalue weighted by atomic mass is 16.7. The summed E-state index contributed by atoms with van der Waals surface area (Å²) in [6.45, 7) is 18.8. The van der Waals surface area contributed by atoms with Crippen molar-refractivity contribution in [2.45, 2.75) is 211 Å². The van der Waals surface area contributed by atoms with Crippen LogP contribution in [0.5, 0.6) is 0 Å². The predicted octanol–water partition coefficient (Wildman–Crippen LogP) is 4.60. The van der Waals surface area contributed by atoms with Gasteiger partial charge in [0, 0.05) is 49.4 Å². The van der Waals surface area contributed by atoms with Crippen molar-refractivity contribution in [3.63, 3.8) is 0 Å². The largest absolute Gasteiger partial charge is 0.458 e. The fraction of sp³-hybridized carbons (Fsp3) is 0.933. The monoisotopic (exact) mass is 820 g/mol. The van der Waals surface area contributed by atoms with Gasteiger partial charge in [-0.1, -0.05) is 13.8 Å². The van der Waals surface area contributed by atoms with Crippen LogP contribution in [0.2, 0.25) is 0 Å². The van der Waals surface area contributed by atoms with Crippen molar-refractivity contribution in [3.05, 3.63) is 11.6 Å². The van der Waals surface area contributed by atoms with Crippen LogP contribution in [0.4, 0.5) is 0 Å². The second-order valence-electron chi connectivity index (χ2n) is 21.0. The lowest BCUT2D eigenvalue weighted by molar-refractivity contribution is -0.329. The van der Waals surface area contributed by atoms with E-state index in [9.17, 15) is 25.2 Å². The number of aliphatic hydroxyl groups excluding tert-OH is 3. The molecule has 0 aromatic rings. The van der Waals surface area contributed by atoms with E-state index in [2.05, 4.69) is 46.4 Å². The van der Waals surface area contributed by atoms with Gasteiger partial charge in [0.25, 0.3) is 0 Å². The summed E-state index contributed by atoms with van der Waals surface area (Å²) in [6, 6.07) is 0. The zero-order chi connectivity index (χ0) is 41.5. The first-order valence-electron chi connectivity index (χ1n) is 22.6. The Balaban J connectivity index is 0.826. The Hall–Kier alpha value is -1.23. The molecule has 13 heteroatoms. The number of ether oxygens (including phenoxy) is 7. The van der Waals surface area contributed by atoms with Crippen LogP contribution in [-0.2, 0) is 38.0 Å². The molecule has 5 unspecified atom stereocenters. The van der Waals surface area contributed by atoms with Gasteiger partial charge in [0.1, 0.15) is 18.8 Å². The van der Waals surface area contributed by atoms with Crippen molar-refractivity contribution >= 4 is 5.97 Å². The highest BCUT2D eigenvalue weighted by Crippen LogP contribution is 2.70. The molecular weight excluding hydrogens is 746 g/mol. The van der Waals surface area contributed by atoms with Gasteiger partial charge in [-0.2, -0.15) is 0 Å². The minimum absolute atomic E-state index is 0.00838. The molecule has 8 rings (SSSR count). The maximum atomic E-state index is 12.6. The number of hydrogen-bond donors (Lipinski definition) is 4. The number of carbonyl (C=O) groups excluding carboxylic acids is 1. The minimum atomic E-state index is -1.000. The number of hydrogen-bond acceptors (Lipinski definition) is 13. The van der Waals surface area contributed by atoms with Gasteiger partial charge in [-0.25, -0.2) is 4.79 Å². The molecule has 7 fully saturated rings. The van der Waals surface area contributed by atoms with E-state index in [1.807, 2.05) is 13.8 Å². The molecular formula is C45H73NO12. The van der Waals surface area contributed by atoms with Crippen molar-refractivity contribution in [1.29, 1.82) is 0 Å². The first kappa shape index (κ1) is 43.4. The lowest BCUT2D eigenvalue weighted by atomic mass is 9.42.